The molecule has 1 heterocycles. The number of likely N-dealkylation sites (tertiary alicyclic amines) is 1. The smallest absolute Gasteiger partial charge is 0.237 e. The number of para-hydroxylation sites is 1. The molecular weight excluding hydrogens is 312 g/mol. The zero-order valence-corrected chi connectivity index (χ0v) is 14.9. The van der Waals surface area contributed by atoms with Crippen molar-refractivity contribution in [3.63, 3.8) is 0 Å². The minimum atomic E-state index is -0.104. The van der Waals surface area contributed by atoms with Gasteiger partial charge < -0.3 is 10.1 Å². The van der Waals surface area contributed by atoms with Crippen LogP contribution in [0.4, 0.5) is 0 Å². The first-order valence-electron chi connectivity index (χ1n) is 9.47. The van der Waals surface area contributed by atoms with Crippen molar-refractivity contribution in [2.24, 2.45) is 0 Å². The number of nitrogens with one attached hydrogen (secondary N) is 1. The van der Waals surface area contributed by atoms with Gasteiger partial charge in [0.25, 0.3) is 0 Å². The van der Waals surface area contributed by atoms with Gasteiger partial charge >= 0.3 is 0 Å². The van der Waals surface area contributed by atoms with E-state index in [-0.39, 0.29) is 11.9 Å². The molecule has 1 aliphatic heterocycles. The summed E-state index contributed by atoms with van der Waals surface area (Å²) in [6, 6.07) is 7.92. The van der Waals surface area contributed by atoms with Crippen LogP contribution in [0.3, 0.4) is 0 Å². The summed E-state index contributed by atoms with van der Waals surface area (Å²) >= 11 is 0. The van der Waals surface area contributed by atoms with E-state index < -0.39 is 0 Å². The molecule has 1 aromatic rings. The van der Waals surface area contributed by atoms with E-state index in [1.807, 2.05) is 24.3 Å². The number of rotatable bonds is 6. The van der Waals surface area contributed by atoms with Crippen LogP contribution in [0, 0.1) is 12.3 Å². The molecule has 1 amide bonds. The van der Waals surface area contributed by atoms with E-state index >= 15 is 0 Å². The van der Waals surface area contributed by atoms with Crippen LogP contribution in [0.15, 0.2) is 24.3 Å². The summed E-state index contributed by atoms with van der Waals surface area (Å²) in [6.07, 6.45) is 13.6. The first-order valence-corrected chi connectivity index (χ1v) is 9.47. The van der Waals surface area contributed by atoms with Gasteiger partial charge in [-0.2, -0.15) is 0 Å². The molecule has 1 aliphatic carbocycles. The minimum Gasteiger partial charge on any atom is -0.490 e. The molecule has 4 nitrogen and oxygen atoms in total. The first kappa shape index (κ1) is 17.8. The Hall–Kier alpha value is -1.99. The van der Waals surface area contributed by atoms with Crippen molar-refractivity contribution in [1.82, 2.24) is 10.2 Å². The molecule has 3 rings (SSSR count). The summed E-state index contributed by atoms with van der Waals surface area (Å²) in [4.78, 5) is 14.8. The van der Waals surface area contributed by atoms with Crippen molar-refractivity contribution in [2.45, 2.75) is 63.6 Å². The summed E-state index contributed by atoms with van der Waals surface area (Å²) in [5.74, 6) is 3.65. The van der Waals surface area contributed by atoms with Crippen molar-refractivity contribution >= 4 is 5.91 Å². The Balaban J connectivity index is 1.59. The van der Waals surface area contributed by atoms with Crippen LogP contribution in [0.5, 0.6) is 5.75 Å². The highest BCUT2D eigenvalue weighted by molar-refractivity contribution is 5.81. The third-order valence-electron chi connectivity index (χ3n) is 5.23. The summed E-state index contributed by atoms with van der Waals surface area (Å²) in [5.41, 5.74) is 1.04. The Bertz CT molecular complexity index is 617. The molecule has 2 fully saturated rings. The summed E-state index contributed by atoms with van der Waals surface area (Å²) in [7, 11) is 0. The molecule has 2 aliphatic rings. The Morgan fingerprint density at radius 1 is 1.20 bits per heavy atom. The average Bonchev–Trinajstić information content (AvgIpc) is 3.14. The fourth-order valence-corrected chi connectivity index (χ4v) is 3.85. The lowest BCUT2D eigenvalue weighted by Crippen LogP contribution is -2.49. The van der Waals surface area contributed by atoms with Crippen molar-refractivity contribution in [3.8, 4) is 18.1 Å². The molecule has 0 spiro atoms. The lowest BCUT2D eigenvalue weighted by atomic mass is 10.0. The lowest BCUT2D eigenvalue weighted by molar-refractivity contribution is -0.127. The maximum absolute atomic E-state index is 12.7. The number of hydrogen-bond acceptors (Lipinski definition) is 3. The molecule has 1 saturated carbocycles. The highest BCUT2D eigenvalue weighted by Gasteiger charge is 2.28. The number of benzene rings is 1. The number of carbonyl (C=O) groups excluding carboxylic acids is 1. The molecule has 0 bridgehead atoms. The van der Waals surface area contributed by atoms with E-state index in [1.54, 1.807) is 0 Å². The van der Waals surface area contributed by atoms with Crippen LogP contribution in [0.25, 0.3) is 0 Å². The van der Waals surface area contributed by atoms with E-state index in [9.17, 15) is 4.79 Å². The van der Waals surface area contributed by atoms with Crippen molar-refractivity contribution in [1.29, 1.82) is 0 Å². The summed E-state index contributed by atoms with van der Waals surface area (Å²) in [6.45, 7) is 1.95. The van der Waals surface area contributed by atoms with Crippen LogP contribution in [-0.4, -0.2) is 36.0 Å². The Morgan fingerprint density at radius 3 is 2.76 bits per heavy atom. The predicted octanol–water partition coefficient (Wildman–Crippen LogP) is 3.11. The molecule has 1 aromatic carbocycles. The largest absolute Gasteiger partial charge is 0.490 e. The zero-order valence-electron chi connectivity index (χ0n) is 14.9. The highest BCUT2D eigenvalue weighted by Crippen LogP contribution is 2.26. The second kappa shape index (κ2) is 8.92. The van der Waals surface area contributed by atoms with Gasteiger partial charge in [0, 0.05) is 12.1 Å². The van der Waals surface area contributed by atoms with Crippen molar-refractivity contribution < 1.29 is 9.53 Å². The Kier molecular flexibility index (Phi) is 6.36. The predicted molar refractivity (Wildman–Crippen MR) is 99.2 cm³/mol. The van der Waals surface area contributed by atoms with Crippen LogP contribution in [0.1, 0.15) is 50.5 Å². The number of nitrogens with zero attached hydrogens (tertiary/aromatic N) is 1. The van der Waals surface area contributed by atoms with E-state index in [2.05, 4.69) is 16.1 Å². The van der Waals surface area contributed by atoms with Crippen LogP contribution >= 0.6 is 0 Å². The molecule has 1 unspecified atom stereocenters. The lowest BCUT2D eigenvalue weighted by Gasteiger charge is -2.33. The maximum atomic E-state index is 12.7. The second-order valence-electron chi connectivity index (χ2n) is 7.04. The van der Waals surface area contributed by atoms with E-state index in [0.29, 0.717) is 19.2 Å². The van der Waals surface area contributed by atoms with Crippen LogP contribution < -0.4 is 10.1 Å². The zero-order chi connectivity index (χ0) is 17.5. The van der Waals surface area contributed by atoms with Gasteiger partial charge in [0.05, 0.1) is 18.7 Å². The molecular formula is C21H28N2O2. The molecule has 0 radical (unpaired) electrons. The van der Waals surface area contributed by atoms with Gasteiger partial charge in [-0.05, 0) is 51.1 Å². The first-order chi connectivity index (χ1) is 12.3. The number of carbonyl (C=O) groups is 1. The van der Waals surface area contributed by atoms with Gasteiger partial charge in [0.1, 0.15) is 5.75 Å². The van der Waals surface area contributed by atoms with Gasteiger partial charge in [-0.15, -0.1) is 6.42 Å². The maximum Gasteiger partial charge on any atom is 0.237 e. The number of amides is 1. The number of piperidine rings is 1. The van der Waals surface area contributed by atoms with E-state index in [0.717, 1.165) is 50.0 Å². The monoisotopic (exact) mass is 340 g/mol. The molecule has 1 saturated heterocycles. The van der Waals surface area contributed by atoms with Gasteiger partial charge in [-0.3, -0.25) is 9.69 Å². The highest BCUT2D eigenvalue weighted by atomic mass is 16.5. The summed E-state index contributed by atoms with van der Waals surface area (Å²) in [5, 5.41) is 3.09. The Morgan fingerprint density at radius 2 is 1.96 bits per heavy atom. The number of terminal acetylenes is 1. The molecule has 0 aromatic heterocycles. The molecule has 25 heavy (non-hydrogen) atoms. The van der Waals surface area contributed by atoms with Gasteiger partial charge in [0.15, 0.2) is 0 Å². The van der Waals surface area contributed by atoms with E-state index in [4.69, 9.17) is 11.2 Å². The van der Waals surface area contributed by atoms with Crippen molar-refractivity contribution in [3.05, 3.63) is 29.8 Å². The molecule has 1 N–H and O–H groups in total. The van der Waals surface area contributed by atoms with Gasteiger partial charge in [-0.1, -0.05) is 30.5 Å². The number of hydrogen-bond donors (Lipinski definition) is 1. The standard InChI is InChI=1S/C21H28N2O2/c1-2-14-23-15-8-7-12-19(23)21(24)22-16-17-9-3-6-13-20(17)25-18-10-4-5-11-18/h1,3,6,9,13,18-19H,4-5,7-8,10-12,14-16H2,(H,22,24). The van der Waals surface area contributed by atoms with Crippen LogP contribution in [-0.2, 0) is 11.3 Å². The number of ether oxygens (including phenoxy) is 1. The van der Waals surface area contributed by atoms with Crippen molar-refractivity contribution in [2.75, 3.05) is 13.1 Å². The minimum absolute atomic E-state index is 0.0746. The fraction of sp³-hybridized carbons (Fsp3) is 0.571. The molecule has 4 heteroatoms. The van der Waals surface area contributed by atoms with Gasteiger partial charge in [0.2, 0.25) is 5.91 Å². The SMILES string of the molecule is C#CCN1CCCCC1C(=O)NCc1ccccc1OC1CCCC1. The van der Waals surface area contributed by atoms with Gasteiger partial charge in [-0.25, -0.2) is 0 Å². The average molecular weight is 340 g/mol. The summed E-state index contributed by atoms with van der Waals surface area (Å²) < 4.78 is 6.16. The van der Waals surface area contributed by atoms with Crippen LogP contribution in [0.2, 0.25) is 0 Å². The fourth-order valence-electron chi connectivity index (χ4n) is 3.85. The molecule has 134 valence electrons. The third-order valence-corrected chi connectivity index (χ3v) is 5.23. The third kappa shape index (κ3) is 4.76. The molecule has 1 atom stereocenters. The topological polar surface area (TPSA) is 41.6 Å². The Labute approximate surface area is 150 Å². The quantitative estimate of drug-likeness (QED) is 0.809. The van der Waals surface area contributed by atoms with E-state index in [1.165, 1.54) is 12.8 Å². The second-order valence-corrected chi connectivity index (χ2v) is 7.04. The normalized spacial score (nSPS) is 21.6.